The van der Waals surface area contributed by atoms with Crippen LogP contribution in [-0.2, 0) is 10.2 Å². The number of carbonyl (C=O) groups is 1. The number of aryl methyl sites for hydroxylation is 1. The number of rotatable bonds is 3. The average molecular weight is 272 g/mol. The number of nitrogens with zero attached hydrogens (tertiary/aromatic N) is 2. The van der Waals surface area contributed by atoms with Gasteiger partial charge in [-0.3, -0.25) is 4.90 Å². The van der Waals surface area contributed by atoms with Crippen LogP contribution in [0.4, 0.5) is 10.5 Å². The van der Waals surface area contributed by atoms with Crippen LogP contribution in [0.15, 0.2) is 18.2 Å². The molecule has 20 heavy (non-hydrogen) atoms. The molecule has 1 heterocycles. The first kappa shape index (κ1) is 12.9. The number of aliphatic hydroxyl groups excluding tert-OH is 1. The van der Waals surface area contributed by atoms with Crippen molar-refractivity contribution in [2.75, 3.05) is 18.1 Å². The number of amides is 1. The van der Waals surface area contributed by atoms with Gasteiger partial charge in [-0.05, 0) is 43.0 Å². The zero-order valence-corrected chi connectivity index (χ0v) is 11.3. The Morgan fingerprint density at radius 1 is 1.55 bits per heavy atom. The Morgan fingerprint density at radius 3 is 2.80 bits per heavy atom. The Labute approximate surface area is 117 Å². The van der Waals surface area contributed by atoms with Crippen LogP contribution in [0, 0.1) is 18.3 Å². The Kier molecular flexibility index (Phi) is 2.91. The predicted molar refractivity (Wildman–Crippen MR) is 72.4 cm³/mol. The standard InChI is InChI=1S/C15H16N2O3/c1-10-6-11(17-7-12(8-18)20-14(17)19)2-3-13(10)15(9-16)4-5-15/h2-3,6,12,18H,4-5,7-8H2,1H3/t12-/m1/s1. The van der Waals surface area contributed by atoms with Gasteiger partial charge in [0.25, 0.3) is 0 Å². The van der Waals surface area contributed by atoms with Gasteiger partial charge in [-0.15, -0.1) is 0 Å². The lowest BCUT2D eigenvalue weighted by molar-refractivity contribution is 0.0963. The molecule has 1 aliphatic heterocycles. The molecule has 1 aromatic carbocycles. The quantitative estimate of drug-likeness (QED) is 0.911. The van der Waals surface area contributed by atoms with Gasteiger partial charge in [-0.1, -0.05) is 6.07 Å². The molecule has 0 bridgehead atoms. The molecular formula is C15H16N2O3. The Hall–Kier alpha value is -2.06. The zero-order chi connectivity index (χ0) is 14.3. The second-order valence-corrected chi connectivity index (χ2v) is 5.49. The molecule has 1 saturated heterocycles. The summed E-state index contributed by atoms with van der Waals surface area (Å²) in [6, 6.07) is 8.07. The summed E-state index contributed by atoms with van der Waals surface area (Å²) in [5.41, 5.74) is 2.50. The second kappa shape index (κ2) is 4.50. The van der Waals surface area contributed by atoms with Gasteiger partial charge in [0, 0.05) is 5.69 Å². The van der Waals surface area contributed by atoms with Crippen molar-refractivity contribution < 1.29 is 14.6 Å². The molecule has 0 radical (unpaired) electrons. The molecule has 5 nitrogen and oxygen atoms in total. The van der Waals surface area contributed by atoms with Crippen LogP contribution in [0.1, 0.15) is 24.0 Å². The lowest BCUT2D eigenvalue weighted by Gasteiger charge is -2.17. The summed E-state index contributed by atoms with van der Waals surface area (Å²) >= 11 is 0. The summed E-state index contributed by atoms with van der Waals surface area (Å²) in [6.45, 7) is 2.15. The molecule has 3 rings (SSSR count). The minimum Gasteiger partial charge on any atom is -0.441 e. The number of hydrogen-bond acceptors (Lipinski definition) is 4. The molecule has 0 unspecified atom stereocenters. The number of benzene rings is 1. The van der Waals surface area contributed by atoms with Crippen molar-refractivity contribution in [2.45, 2.75) is 31.3 Å². The smallest absolute Gasteiger partial charge is 0.414 e. The third kappa shape index (κ3) is 1.93. The van der Waals surface area contributed by atoms with Gasteiger partial charge in [0.05, 0.1) is 24.6 Å². The summed E-state index contributed by atoms with van der Waals surface area (Å²) in [7, 11) is 0. The fraction of sp³-hybridized carbons (Fsp3) is 0.467. The van der Waals surface area contributed by atoms with Crippen molar-refractivity contribution in [1.82, 2.24) is 0 Å². The van der Waals surface area contributed by atoms with E-state index in [1.807, 2.05) is 25.1 Å². The van der Waals surface area contributed by atoms with E-state index >= 15 is 0 Å². The first-order valence-electron chi connectivity index (χ1n) is 6.71. The van der Waals surface area contributed by atoms with Crippen LogP contribution < -0.4 is 4.90 Å². The first-order valence-corrected chi connectivity index (χ1v) is 6.71. The van der Waals surface area contributed by atoms with Gasteiger partial charge in [-0.2, -0.15) is 5.26 Å². The number of carbonyl (C=O) groups excluding carboxylic acids is 1. The summed E-state index contributed by atoms with van der Waals surface area (Å²) in [4.78, 5) is 13.3. The maximum Gasteiger partial charge on any atom is 0.414 e. The summed E-state index contributed by atoms with van der Waals surface area (Å²) < 4.78 is 5.03. The van der Waals surface area contributed by atoms with E-state index in [1.54, 1.807) is 0 Å². The molecule has 104 valence electrons. The SMILES string of the molecule is Cc1cc(N2C[C@H](CO)OC2=O)ccc1C1(C#N)CC1. The van der Waals surface area contributed by atoms with Crippen molar-refractivity contribution >= 4 is 11.8 Å². The number of cyclic esters (lactones) is 1. The highest BCUT2D eigenvalue weighted by Crippen LogP contribution is 2.49. The van der Waals surface area contributed by atoms with E-state index in [0.29, 0.717) is 6.54 Å². The summed E-state index contributed by atoms with van der Waals surface area (Å²) in [5.74, 6) is 0. The molecule has 5 heteroatoms. The number of anilines is 1. The fourth-order valence-electron chi connectivity index (χ4n) is 2.75. The molecular weight excluding hydrogens is 256 g/mol. The van der Waals surface area contributed by atoms with Crippen molar-refractivity contribution in [2.24, 2.45) is 0 Å². The molecule has 1 saturated carbocycles. The second-order valence-electron chi connectivity index (χ2n) is 5.49. The van der Waals surface area contributed by atoms with E-state index in [9.17, 15) is 10.1 Å². The topological polar surface area (TPSA) is 73.6 Å². The highest BCUT2D eigenvalue weighted by Gasteiger charge is 2.46. The van der Waals surface area contributed by atoms with Gasteiger partial charge in [0.15, 0.2) is 0 Å². The Morgan fingerprint density at radius 2 is 2.30 bits per heavy atom. The van der Waals surface area contributed by atoms with Crippen LogP contribution in [0.5, 0.6) is 0 Å². The van der Waals surface area contributed by atoms with Gasteiger partial charge in [0.1, 0.15) is 6.10 Å². The zero-order valence-electron chi connectivity index (χ0n) is 11.3. The minimum absolute atomic E-state index is 0.170. The molecule has 1 aliphatic carbocycles. The van der Waals surface area contributed by atoms with E-state index < -0.39 is 12.2 Å². The van der Waals surface area contributed by atoms with Crippen LogP contribution in [0.3, 0.4) is 0 Å². The van der Waals surface area contributed by atoms with Crippen molar-refractivity contribution in [1.29, 1.82) is 5.26 Å². The summed E-state index contributed by atoms with van der Waals surface area (Å²) in [6.07, 6.45) is 0.915. The van der Waals surface area contributed by atoms with Crippen LogP contribution >= 0.6 is 0 Å². The molecule has 1 aromatic rings. The third-order valence-corrected chi connectivity index (χ3v) is 4.08. The first-order chi connectivity index (χ1) is 9.59. The maximum absolute atomic E-state index is 11.7. The molecule has 2 fully saturated rings. The summed E-state index contributed by atoms with van der Waals surface area (Å²) in [5, 5.41) is 18.3. The lowest BCUT2D eigenvalue weighted by atomic mass is 9.93. The normalized spacial score (nSPS) is 23.4. The lowest BCUT2D eigenvalue weighted by Crippen LogP contribution is -2.25. The largest absolute Gasteiger partial charge is 0.441 e. The molecule has 1 amide bonds. The van der Waals surface area contributed by atoms with E-state index in [2.05, 4.69) is 6.07 Å². The highest BCUT2D eigenvalue weighted by molar-refractivity contribution is 5.90. The van der Waals surface area contributed by atoms with Gasteiger partial charge in [-0.25, -0.2) is 4.79 Å². The number of nitriles is 1. The number of ether oxygens (including phenoxy) is 1. The maximum atomic E-state index is 11.7. The fourth-order valence-corrected chi connectivity index (χ4v) is 2.75. The van der Waals surface area contributed by atoms with Crippen molar-refractivity contribution in [3.05, 3.63) is 29.3 Å². The van der Waals surface area contributed by atoms with E-state index in [-0.39, 0.29) is 12.0 Å². The molecule has 0 spiro atoms. The van der Waals surface area contributed by atoms with Crippen LogP contribution in [0.2, 0.25) is 0 Å². The van der Waals surface area contributed by atoms with Crippen LogP contribution in [0.25, 0.3) is 0 Å². The van der Waals surface area contributed by atoms with E-state index in [0.717, 1.165) is 29.7 Å². The van der Waals surface area contributed by atoms with Crippen molar-refractivity contribution in [3.63, 3.8) is 0 Å². The van der Waals surface area contributed by atoms with Gasteiger partial charge < -0.3 is 9.84 Å². The minimum atomic E-state index is -0.462. The highest BCUT2D eigenvalue weighted by atomic mass is 16.6. The number of aliphatic hydroxyl groups is 1. The molecule has 1 N–H and O–H groups in total. The van der Waals surface area contributed by atoms with Crippen LogP contribution in [-0.4, -0.2) is 30.5 Å². The Bertz CT molecular complexity index is 602. The van der Waals surface area contributed by atoms with Gasteiger partial charge >= 0.3 is 6.09 Å². The van der Waals surface area contributed by atoms with E-state index in [1.165, 1.54) is 4.90 Å². The molecule has 0 aromatic heterocycles. The Balaban J connectivity index is 1.88. The predicted octanol–water partition coefficient (Wildman–Crippen LogP) is 1.87. The molecule has 1 atom stereocenters. The average Bonchev–Trinajstić information content (AvgIpc) is 3.15. The third-order valence-electron chi connectivity index (χ3n) is 4.08. The van der Waals surface area contributed by atoms with Gasteiger partial charge in [0.2, 0.25) is 0 Å². The monoisotopic (exact) mass is 272 g/mol. The van der Waals surface area contributed by atoms with E-state index in [4.69, 9.17) is 9.84 Å². The molecule has 2 aliphatic rings. The number of hydrogen-bond donors (Lipinski definition) is 1. The van der Waals surface area contributed by atoms with Crippen molar-refractivity contribution in [3.8, 4) is 6.07 Å².